The van der Waals surface area contributed by atoms with E-state index in [1.807, 2.05) is 0 Å². The first kappa shape index (κ1) is 20.4. The largest absolute Gasteiger partial charge is 0.493 e. The van der Waals surface area contributed by atoms with Gasteiger partial charge in [-0.2, -0.15) is 0 Å². The van der Waals surface area contributed by atoms with E-state index in [1.54, 1.807) is 0 Å². The molecule has 0 spiro atoms. The van der Waals surface area contributed by atoms with Gasteiger partial charge in [0.2, 0.25) is 0 Å². The van der Waals surface area contributed by atoms with Crippen LogP contribution in [0.15, 0.2) is 48.5 Å². The molecule has 1 aliphatic heterocycles. The second-order valence-corrected chi connectivity index (χ2v) is 9.28. The van der Waals surface area contributed by atoms with Crippen LogP contribution in [-0.4, -0.2) is 42.4 Å². The van der Waals surface area contributed by atoms with Gasteiger partial charge in [0.05, 0.1) is 12.7 Å². The minimum Gasteiger partial charge on any atom is -0.493 e. The summed E-state index contributed by atoms with van der Waals surface area (Å²) in [7, 11) is 0. The molecule has 1 saturated carbocycles. The Morgan fingerprint density at radius 3 is 2.28 bits per heavy atom. The van der Waals surface area contributed by atoms with E-state index in [-0.39, 0.29) is 11.5 Å². The average molecular weight is 394 g/mol. The molecule has 3 heteroatoms. The van der Waals surface area contributed by atoms with E-state index in [0.717, 1.165) is 44.8 Å². The number of aliphatic hydroxyl groups is 1. The number of likely N-dealkylation sites (tertiary alicyclic amines) is 1. The Morgan fingerprint density at radius 2 is 1.66 bits per heavy atom. The second kappa shape index (κ2) is 8.89. The van der Waals surface area contributed by atoms with Crippen molar-refractivity contribution in [2.75, 3.05) is 26.2 Å². The predicted octanol–water partition coefficient (Wildman–Crippen LogP) is 4.88. The molecule has 2 unspecified atom stereocenters. The Balaban J connectivity index is 1.33. The topological polar surface area (TPSA) is 32.7 Å². The Hall–Kier alpha value is -1.84. The first-order valence-electron chi connectivity index (χ1n) is 11.2. The van der Waals surface area contributed by atoms with Crippen LogP contribution in [0.3, 0.4) is 0 Å². The normalized spacial score (nSPS) is 22.7. The van der Waals surface area contributed by atoms with Crippen molar-refractivity contribution in [1.82, 2.24) is 4.90 Å². The van der Waals surface area contributed by atoms with E-state index < -0.39 is 0 Å². The Kier molecular flexibility index (Phi) is 6.26. The first-order chi connectivity index (χ1) is 14.0. The number of hydrogen-bond donors (Lipinski definition) is 1. The Morgan fingerprint density at radius 1 is 1.00 bits per heavy atom. The standard InChI is InChI=1S/C26H35NO2/c1-20-6-10-23(11-7-20)26(14-4-15-26)25(28)18-27-16-3-5-22(17-27)19-29-24-12-8-21(2)9-13-24/h6-13,22,25,28H,3-5,14-19H2,1-2H3. The van der Waals surface area contributed by atoms with Crippen molar-refractivity contribution in [2.24, 2.45) is 5.92 Å². The van der Waals surface area contributed by atoms with Gasteiger partial charge in [-0.05, 0) is 63.8 Å². The molecule has 0 aromatic heterocycles. The number of aryl methyl sites for hydroxylation is 2. The molecule has 0 bridgehead atoms. The number of rotatable bonds is 7. The van der Waals surface area contributed by atoms with E-state index in [4.69, 9.17) is 4.74 Å². The van der Waals surface area contributed by atoms with Crippen LogP contribution in [0.4, 0.5) is 0 Å². The zero-order chi connectivity index (χ0) is 20.3. The molecule has 2 fully saturated rings. The van der Waals surface area contributed by atoms with Gasteiger partial charge in [0.1, 0.15) is 5.75 Å². The molecule has 2 aromatic rings. The fourth-order valence-electron chi connectivity index (χ4n) is 4.98. The monoisotopic (exact) mass is 393 g/mol. The summed E-state index contributed by atoms with van der Waals surface area (Å²) >= 11 is 0. The molecular formula is C26H35NO2. The fraction of sp³-hybridized carbons (Fsp3) is 0.538. The summed E-state index contributed by atoms with van der Waals surface area (Å²) in [6.45, 7) is 7.86. The third-order valence-electron chi connectivity index (χ3n) is 7.05. The van der Waals surface area contributed by atoms with Crippen molar-refractivity contribution in [2.45, 2.75) is 57.5 Å². The van der Waals surface area contributed by atoms with Crippen molar-refractivity contribution in [3.8, 4) is 5.75 Å². The number of nitrogens with zero attached hydrogens (tertiary/aromatic N) is 1. The highest BCUT2D eigenvalue weighted by atomic mass is 16.5. The van der Waals surface area contributed by atoms with Crippen LogP contribution >= 0.6 is 0 Å². The van der Waals surface area contributed by atoms with E-state index in [1.165, 1.54) is 36.0 Å². The molecular weight excluding hydrogens is 358 g/mol. The minimum absolute atomic E-state index is 0.0426. The zero-order valence-corrected chi connectivity index (χ0v) is 17.9. The molecule has 2 aliphatic rings. The number of aliphatic hydroxyl groups excluding tert-OH is 1. The average Bonchev–Trinajstić information content (AvgIpc) is 2.68. The second-order valence-electron chi connectivity index (χ2n) is 9.28. The van der Waals surface area contributed by atoms with Crippen molar-refractivity contribution >= 4 is 0 Å². The number of hydrogen-bond acceptors (Lipinski definition) is 3. The number of β-amino-alcohol motifs (C(OH)–C–C–N with tert-alkyl or cyclic N) is 1. The van der Waals surface area contributed by atoms with Crippen molar-refractivity contribution in [1.29, 1.82) is 0 Å². The van der Waals surface area contributed by atoms with Crippen LogP contribution in [0, 0.1) is 19.8 Å². The minimum atomic E-state index is -0.296. The van der Waals surface area contributed by atoms with Gasteiger partial charge >= 0.3 is 0 Å². The highest BCUT2D eigenvalue weighted by Gasteiger charge is 2.45. The van der Waals surface area contributed by atoms with E-state index >= 15 is 0 Å². The highest BCUT2D eigenvalue weighted by molar-refractivity contribution is 5.32. The summed E-state index contributed by atoms with van der Waals surface area (Å²) < 4.78 is 6.04. The molecule has 29 heavy (non-hydrogen) atoms. The van der Waals surface area contributed by atoms with Gasteiger partial charge in [-0.15, -0.1) is 0 Å². The molecule has 1 aliphatic carbocycles. The SMILES string of the molecule is Cc1ccc(OCC2CCCN(CC(O)C3(c4ccc(C)cc4)CCC3)C2)cc1. The molecule has 1 N–H and O–H groups in total. The Labute approximate surface area is 175 Å². The van der Waals surface area contributed by atoms with Gasteiger partial charge in [-0.1, -0.05) is 53.9 Å². The first-order valence-corrected chi connectivity index (χ1v) is 11.2. The third-order valence-corrected chi connectivity index (χ3v) is 7.05. The molecule has 4 rings (SSSR count). The van der Waals surface area contributed by atoms with Gasteiger partial charge in [-0.3, -0.25) is 0 Å². The maximum absolute atomic E-state index is 11.2. The molecule has 156 valence electrons. The summed E-state index contributed by atoms with van der Waals surface area (Å²) in [6.07, 6.45) is 5.53. The maximum atomic E-state index is 11.2. The van der Waals surface area contributed by atoms with Gasteiger partial charge < -0.3 is 14.7 Å². The van der Waals surface area contributed by atoms with E-state index in [2.05, 4.69) is 67.3 Å². The lowest BCUT2D eigenvalue weighted by molar-refractivity contribution is -0.00864. The summed E-state index contributed by atoms with van der Waals surface area (Å²) in [6, 6.07) is 17.1. The summed E-state index contributed by atoms with van der Waals surface area (Å²) in [5, 5.41) is 11.2. The predicted molar refractivity (Wildman–Crippen MR) is 119 cm³/mol. The van der Waals surface area contributed by atoms with Crippen LogP contribution in [-0.2, 0) is 5.41 Å². The molecule has 1 heterocycles. The maximum Gasteiger partial charge on any atom is 0.119 e. The molecule has 0 amide bonds. The zero-order valence-electron chi connectivity index (χ0n) is 17.9. The lowest BCUT2D eigenvalue weighted by atomic mass is 9.61. The van der Waals surface area contributed by atoms with Crippen LogP contribution in [0.25, 0.3) is 0 Å². The summed E-state index contributed by atoms with van der Waals surface area (Å²) in [4.78, 5) is 2.46. The van der Waals surface area contributed by atoms with E-state index in [9.17, 15) is 5.11 Å². The van der Waals surface area contributed by atoms with Gasteiger partial charge in [0, 0.05) is 24.4 Å². The van der Waals surface area contributed by atoms with Crippen LogP contribution in [0.5, 0.6) is 5.75 Å². The van der Waals surface area contributed by atoms with Gasteiger partial charge in [-0.25, -0.2) is 0 Å². The lowest BCUT2D eigenvalue weighted by Crippen LogP contribution is -2.52. The van der Waals surface area contributed by atoms with Crippen LogP contribution in [0.1, 0.15) is 48.8 Å². The van der Waals surface area contributed by atoms with Gasteiger partial charge in [0.25, 0.3) is 0 Å². The van der Waals surface area contributed by atoms with Crippen LogP contribution in [0.2, 0.25) is 0 Å². The Bertz CT molecular complexity index is 779. The molecule has 2 atom stereocenters. The highest BCUT2D eigenvalue weighted by Crippen LogP contribution is 2.46. The van der Waals surface area contributed by atoms with Crippen LogP contribution < -0.4 is 4.74 Å². The number of benzene rings is 2. The lowest BCUT2D eigenvalue weighted by Gasteiger charge is -2.48. The van der Waals surface area contributed by atoms with Crippen molar-refractivity contribution in [3.05, 3.63) is 65.2 Å². The summed E-state index contributed by atoms with van der Waals surface area (Å²) in [5.41, 5.74) is 3.82. The smallest absolute Gasteiger partial charge is 0.119 e. The molecule has 1 saturated heterocycles. The number of piperidine rings is 1. The quantitative estimate of drug-likeness (QED) is 0.728. The fourth-order valence-corrected chi connectivity index (χ4v) is 4.98. The van der Waals surface area contributed by atoms with Gasteiger partial charge in [0.15, 0.2) is 0 Å². The molecule has 3 nitrogen and oxygen atoms in total. The summed E-state index contributed by atoms with van der Waals surface area (Å²) in [5.74, 6) is 1.49. The third kappa shape index (κ3) is 4.67. The molecule has 0 radical (unpaired) electrons. The van der Waals surface area contributed by atoms with E-state index in [0.29, 0.717) is 5.92 Å². The van der Waals surface area contributed by atoms with Crippen molar-refractivity contribution < 1.29 is 9.84 Å². The van der Waals surface area contributed by atoms with Crippen molar-refractivity contribution in [3.63, 3.8) is 0 Å². The molecule has 2 aromatic carbocycles. The number of ether oxygens (including phenoxy) is 1.